The molecule has 0 saturated heterocycles. The van der Waals surface area contributed by atoms with Crippen molar-refractivity contribution in [2.24, 2.45) is 5.10 Å². The number of aromatic hydroxyl groups is 1. The van der Waals surface area contributed by atoms with E-state index in [4.69, 9.17) is 21.1 Å². The van der Waals surface area contributed by atoms with Gasteiger partial charge in [-0.25, -0.2) is 5.43 Å². The van der Waals surface area contributed by atoms with Gasteiger partial charge in [0, 0.05) is 6.42 Å². The summed E-state index contributed by atoms with van der Waals surface area (Å²) < 4.78 is 11.1. The van der Waals surface area contributed by atoms with Crippen molar-refractivity contribution < 1.29 is 19.4 Å². The smallest absolute Gasteiger partial charge is 0.275 e. The number of phenols is 1. The van der Waals surface area contributed by atoms with Crippen LogP contribution in [0, 0.1) is 0 Å². The minimum Gasteiger partial charge on any atom is -0.507 e. The normalized spacial score (nSPS) is 13.5. The molecule has 0 atom stereocenters. The Morgan fingerprint density at radius 3 is 2.88 bits per heavy atom. The van der Waals surface area contributed by atoms with E-state index in [1.807, 2.05) is 0 Å². The van der Waals surface area contributed by atoms with E-state index in [1.54, 1.807) is 24.3 Å². The lowest BCUT2D eigenvalue weighted by Crippen LogP contribution is -2.17. The Morgan fingerprint density at radius 1 is 1.25 bits per heavy atom. The molecule has 24 heavy (non-hydrogen) atoms. The molecule has 2 N–H and O–H groups in total. The van der Waals surface area contributed by atoms with E-state index in [0.29, 0.717) is 35.3 Å². The first kappa shape index (κ1) is 16.1. The van der Waals surface area contributed by atoms with Crippen molar-refractivity contribution >= 4 is 23.7 Å². The summed E-state index contributed by atoms with van der Waals surface area (Å²) in [5.74, 6) is 0.451. The number of carbonyl (C=O) groups is 1. The van der Waals surface area contributed by atoms with Gasteiger partial charge in [0.25, 0.3) is 5.91 Å². The number of phenolic OH excluding ortho intramolecular Hbond substituents is 1. The van der Waals surface area contributed by atoms with Gasteiger partial charge in [-0.2, -0.15) is 5.10 Å². The highest BCUT2D eigenvalue weighted by molar-refractivity contribution is 6.32. The molecular formula is C17H15ClN2O4. The Bertz CT molecular complexity index is 792. The number of para-hydroxylation sites is 1. The number of halogens is 1. The molecule has 7 heteroatoms. The van der Waals surface area contributed by atoms with Crippen LogP contribution >= 0.6 is 11.6 Å². The SMILES string of the molecule is O=C(N/N=C\c1cc(Cl)c2c(c1)OCCCO2)c1ccccc1O. The minimum atomic E-state index is -0.509. The molecule has 1 heterocycles. The second-order valence-electron chi connectivity index (χ2n) is 5.10. The fourth-order valence-electron chi connectivity index (χ4n) is 2.22. The largest absolute Gasteiger partial charge is 0.507 e. The zero-order chi connectivity index (χ0) is 16.9. The van der Waals surface area contributed by atoms with Crippen molar-refractivity contribution in [2.45, 2.75) is 6.42 Å². The first-order valence-electron chi connectivity index (χ1n) is 7.35. The number of hydrazone groups is 1. The average Bonchev–Trinajstić information content (AvgIpc) is 2.81. The predicted octanol–water partition coefficient (Wildman–Crippen LogP) is 2.97. The summed E-state index contributed by atoms with van der Waals surface area (Å²) in [5.41, 5.74) is 3.15. The van der Waals surface area contributed by atoms with E-state index >= 15 is 0 Å². The van der Waals surface area contributed by atoms with Crippen molar-refractivity contribution in [3.8, 4) is 17.2 Å². The van der Waals surface area contributed by atoms with Crippen LogP contribution in [0.5, 0.6) is 17.2 Å². The lowest BCUT2D eigenvalue weighted by atomic mass is 10.2. The van der Waals surface area contributed by atoms with E-state index in [1.165, 1.54) is 18.3 Å². The van der Waals surface area contributed by atoms with Gasteiger partial charge in [0.1, 0.15) is 5.75 Å². The van der Waals surface area contributed by atoms with Crippen LogP contribution in [-0.2, 0) is 0 Å². The molecule has 0 saturated carbocycles. The van der Waals surface area contributed by atoms with E-state index in [-0.39, 0.29) is 11.3 Å². The monoisotopic (exact) mass is 346 g/mol. The second kappa shape index (κ2) is 7.23. The zero-order valence-corrected chi connectivity index (χ0v) is 13.4. The number of nitrogens with zero attached hydrogens (tertiary/aromatic N) is 1. The topological polar surface area (TPSA) is 80.2 Å². The van der Waals surface area contributed by atoms with E-state index in [0.717, 1.165) is 6.42 Å². The Labute approximate surface area is 143 Å². The van der Waals surface area contributed by atoms with Gasteiger partial charge in [-0.1, -0.05) is 23.7 Å². The summed E-state index contributed by atoms with van der Waals surface area (Å²) in [6.07, 6.45) is 2.23. The molecule has 124 valence electrons. The lowest BCUT2D eigenvalue weighted by molar-refractivity contribution is 0.0952. The molecule has 2 aromatic rings. The van der Waals surface area contributed by atoms with Crippen molar-refractivity contribution in [3.63, 3.8) is 0 Å². The maximum absolute atomic E-state index is 11.9. The first-order chi connectivity index (χ1) is 11.6. The predicted molar refractivity (Wildman–Crippen MR) is 90.2 cm³/mol. The maximum Gasteiger partial charge on any atom is 0.275 e. The van der Waals surface area contributed by atoms with Crippen LogP contribution in [-0.4, -0.2) is 30.4 Å². The maximum atomic E-state index is 11.9. The van der Waals surface area contributed by atoms with Crippen LogP contribution in [0.3, 0.4) is 0 Å². The Hall–Kier alpha value is -2.73. The Balaban J connectivity index is 1.73. The number of hydrogen-bond acceptors (Lipinski definition) is 5. The van der Waals surface area contributed by atoms with Gasteiger partial charge in [0.2, 0.25) is 0 Å². The summed E-state index contributed by atoms with van der Waals surface area (Å²) in [7, 11) is 0. The summed E-state index contributed by atoms with van der Waals surface area (Å²) in [4.78, 5) is 11.9. The number of rotatable bonds is 3. The van der Waals surface area contributed by atoms with Gasteiger partial charge in [-0.05, 0) is 29.8 Å². The van der Waals surface area contributed by atoms with Crippen molar-refractivity contribution in [1.82, 2.24) is 5.43 Å². The number of fused-ring (bicyclic) bond motifs is 1. The molecule has 1 amide bonds. The molecule has 6 nitrogen and oxygen atoms in total. The molecule has 3 rings (SSSR count). The third kappa shape index (κ3) is 3.60. The third-order valence-corrected chi connectivity index (χ3v) is 3.63. The van der Waals surface area contributed by atoms with Gasteiger partial charge < -0.3 is 14.6 Å². The van der Waals surface area contributed by atoms with E-state index < -0.39 is 5.91 Å². The van der Waals surface area contributed by atoms with Crippen LogP contribution in [0.15, 0.2) is 41.5 Å². The van der Waals surface area contributed by atoms with Crippen molar-refractivity contribution in [3.05, 3.63) is 52.5 Å². The van der Waals surface area contributed by atoms with Crippen LogP contribution < -0.4 is 14.9 Å². The minimum absolute atomic E-state index is 0.108. The van der Waals surface area contributed by atoms with Gasteiger partial charge >= 0.3 is 0 Å². The van der Waals surface area contributed by atoms with E-state index in [9.17, 15) is 9.90 Å². The molecule has 0 fully saturated rings. The third-order valence-electron chi connectivity index (χ3n) is 3.35. The summed E-state index contributed by atoms with van der Waals surface area (Å²) >= 11 is 6.19. The van der Waals surface area contributed by atoms with Crippen molar-refractivity contribution in [2.75, 3.05) is 13.2 Å². The van der Waals surface area contributed by atoms with E-state index in [2.05, 4.69) is 10.5 Å². The van der Waals surface area contributed by atoms with Gasteiger partial charge in [0.05, 0.1) is 30.0 Å². The molecule has 2 aromatic carbocycles. The number of ether oxygens (including phenoxy) is 2. The number of nitrogens with one attached hydrogen (secondary N) is 1. The molecule has 1 aliphatic heterocycles. The fourth-order valence-corrected chi connectivity index (χ4v) is 2.49. The number of carbonyl (C=O) groups excluding carboxylic acids is 1. The zero-order valence-electron chi connectivity index (χ0n) is 12.7. The molecule has 1 aliphatic rings. The summed E-state index contributed by atoms with van der Waals surface area (Å²) in [6.45, 7) is 1.10. The molecule has 0 unspecified atom stereocenters. The van der Waals surface area contributed by atoms with Gasteiger partial charge in [0.15, 0.2) is 11.5 Å². The molecule has 0 bridgehead atoms. The standard InChI is InChI=1S/C17H15ClN2O4/c18-13-8-11(9-15-16(13)24-7-3-6-23-15)10-19-20-17(22)12-4-1-2-5-14(12)21/h1-2,4-5,8-10,21H,3,6-7H2,(H,20,22)/b19-10-. The summed E-state index contributed by atoms with van der Waals surface area (Å²) in [5, 5.41) is 13.9. The highest BCUT2D eigenvalue weighted by atomic mass is 35.5. The highest BCUT2D eigenvalue weighted by Crippen LogP contribution is 2.37. The lowest BCUT2D eigenvalue weighted by Gasteiger charge is -2.09. The second-order valence-corrected chi connectivity index (χ2v) is 5.50. The number of hydrogen-bond donors (Lipinski definition) is 2. The quantitative estimate of drug-likeness (QED) is 0.661. The van der Waals surface area contributed by atoms with Crippen molar-refractivity contribution in [1.29, 1.82) is 0 Å². The van der Waals surface area contributed by atoms with Gasteiger partial charge in [-0.3, -0.25) is 4.79 Å². The molecule has 0 aliphatic carbocycles. The molecule has 0 aromatic heterocycles. The molecule has 0 radical (unpaired) electrons. The first-order valence-corrected chi connectivity index (χ1v) is 7.73. The number of amides is 1. The van der Waals surface area contributed by atoms with Crippen LogP contribution in [0.4, 0.5) is 0 Å². The summed E-state index contributed by atoms with van der Waals surface area (Å²) in [6, 6.07) is 9.64. The van der Waals surface area contributed by atoms with Crippen LogP contribution in [0.1, 0.15) is 22.3 Å². The Morgan fingerprint density at radius 2 is 2.04 bits per heavy atom. The molecular weight excluding hydrogens is 332 g/mol. The van der Waals surface area contributed by atoms with Crippen LogP contribution in [0.2, 0.25) is 5.02 Å². The van der Waals surface area contributed by atoms with Crippen LogP contribution in [0.25, 0.3) is 0 Å². The number of benzene rings is 2. The Kier molecular flexibility index (Phi) is 4.86. The molecule has 0 spiro atoms. The fraction of sp³-hybridized carbons (Fsp3) is 0.176. The van der Waals surface area contributed by atoms with Gasteiger partial charge in [-0.15, -0.1) is 0 Å². The highest BCUT2D eigenvalue weighted by Gasteiger charge is 2.15. The average molecular weight is 347 g/mol.